The van der Waals surface area contributed by atoms with Gasteiger partial charge in [-0.1, -0.05) is 6.07 Å². The second-order valence-corrected chi connectivity index (χ2v) is 5.09. The molecule has 1 fully saturated rings. The van der Waals surface area contributed by atoms with Crippen molar-refractivity contribution in [2.45, 2.75) is 12.5 Å². The summed E-state index contributed by atoms with van der Waals surface area (Å²) in [6, 6.07) is 8.66. The van der Waals surface area contributed by atoms with Gasteiger partial charge in [-0.25, -0.2) is 9.59 Å². The first-order valence-corrected chi connectivity index (χ1v) is 7.18. The molecule has 1 aliphatic rings. The minimum atomic E-state index is -1.59. The Hall–Kier alpha value is -2.65. The van der Waals surface area contributed by atoms with Gasteiger partial charge in [0.1, 0.15) is 5.94 Å². The molecule has 1 aromatic carbocycles. The van der Waals surface area contributed by atoms with E-state index in [2.05, 4.69) is 0 Å². The van der Waals surface area contributed by atoms with Crippen LogP contribution in [0.2, 0.25) is 0 Å². The number of anilines is 1. The highest BCUT2D eigenvalue weighted by atomic mass is 16.7. The van der Waals surface area contributed by atoms with Gasteiger partial charge in [-0.3, -0.25) is 4.84 Å². The summed E-state index contributed by atoms with van der Waals surface area (Å²) in [5.74, 6) is 0.432. The third-order valence-corrected chi connectivity index (χ3v) is 3.74. The average Bonchev–Trinajstić information content (AvgIpc) is 2.55. The third-order valence-electron chi connectivity index (χ3n) is 3.74. The number of carboxylic acid groups (broad SMARTS) is 1. The number of nitrogens with zero attached hydrogens (tertiary/aromatic N) is 3. The molecule has 1 aliphatic heterocycles. The Morgan fingerprint density at radius 1 is 1.52 bits per heavy atom. The number of carbonyl (C=O) groups excluding carboxylic acids is 1. The molecule has 1 heterocycles. The maximum absolute atomic E-state index is 12.0. The molecule has 7 heteroatoms. The first-order chi connectivity index (χ1) is 11.1. The standard InChI is InChI=1S/C16H17N3O4/c1-2-23-18-7-8-19(14-5-3-4-13(10-14)11-17)16(12-18,6-9-20)15(21)22/h3-6,10H,2,7-8,12H2,1H3,(H,21,22). The van der Waals surface area contributed by atoms with E-state index in [0.29, 0.717) is 30.9 Å². The predicted octanol–water partition coefficient (Wildman–Crippen LogP) is 0.843. The third kappa shape index (κ3) is 3.25. The Bertz CT molecular complexity index is 674. The molecule has 2 rings (SSSR count). The zero-order valence-electron chi connectivity index (χ0n) is 12.7. The summed E-state index contributed by atoms with van der Waals surface area (Å²) in [5, 5.41) is 20.3. The lowest BCUT2D eigenvalue weighted by Crippen LogP contribution is -2.65. The lowest BCUT2D eigenvalue weighted by Gasteiger charge is -2.46. The van der Waals surface area contributed by atoms with Gasteiger partial charge in [-0.05, 0) is 25.1 Å². The van der Waals surface area contributed by atoms with Crippen molar-refractivity contribution < 1.29 is 19.5 Å². The molecular formula is C16H17N3O4. The van der Waals surface area contributed by atoms with E-state index >= 15 is 0 Å². The van der Waals surface area contributed by atoms with Crippen LogP contribution in [0.4, 0.5) is 5.69 Å². The number of carboxylic acids is 1. The van der Waals surface area contributed by atoms with Gasteiger partial charge < -0.3 is 10.0 Å². The molecule has 1 atom stereocenters. The monoisotopic (exact) mass is 315 g/mol. The molecule has 0 aromatic heterocycles. The van der Waals surface area contributed by atoms with Gasteiger partial charge in [0.2, 0.25) is 0 Å². The van der Waals surface area contributed by atoms with Crippen LogP contribution in [0.3, 0.4) is 0 Å². The van der Waals surface area contributed by atoms with Crippen LogP contribution < -0.4 is 4.90 Å². The van der Waals surface area contributed by atoms with E-state index in [4.69, 9.17) is 10.1 Å². The highest BCUT2D eigenvalue weighted by Crippen LogP contribution is 2.30. The smallest absolute Gasteiger partial charge is 0.335 e. The molecule has 0 aliphatic carbocycles. The first-order valence-electron chi connectivity index (χ1n) is 7.18. The fraction of sp³-hybridized carbons (Fsp3) is 0.375. The Kier molecular flexibility index (Phi) is 5.14. The lowest BCUT2D eigenvalue weighted by atomic mass is 9.93. The highest BCUT2D eigenvalue weighted by molar-refractivity contribution is 5.89. The van der Waals surface area contributed by atoms with Crippen molar-refractivity contribution in [3.63, 3.8) is 0 Å². The van der Waals surface area contributed by atoms with Crippen molar-refractivity contribution in [3.05, 3.63) is 35.9 Å². The molecule has 1 saturated heterocycles. The fourth-order valence-electron chi connectivity index (χ4n) is 2.71. The first kappa shape index (κ1) is 16.7. The van der Waals surface area contributed by atoms with Gasteiger partial charge in [0.15, 0.2) is 5.54 Å². The summed E-state index contributed by atoms with van der Waals surface area (Å²) in [7, 11) is 0. The van der Waals surface area contributed by atoms with Gasteiger partial charge in [-0.2, -0.15) is 10.3 Å². The minimum absolute atomic E-state index is 0.0117. The molecule has 7 nitrogen and oxygen atoms in total. The molecule has 120 valence electrons. The summed E-state index contributed by atoms with van der Waals surface area (Å²) in [5.41, 5.74) is -0.610. The Labute approximate surface area is 133 Å². The van der Waals surface area contributed by atoms with Crippen LogP contribution in [0.1, 0.15) is 12.5 Å². The molecule has 0 saturated carbocycles. The number of piperazine rings is 1. The van der Waals surface area contributed by atoms with Crippen LogP contribution in [-0.2, 0) is 14.4 Å². The van der Waals surface area contributed by atoms with Gasteiger partial charge in [0, 0.05) is 24.9 Å². The predicted molar refractivity (Wildman–Crippen MR) is 82.3 cm³/mol. The number of aliphatic carboxylic acids is 1. The molecule has 1 N–H and O–H groups in total. The van der Waals surface area contributed by atoms with Gasteiger partial charge >= 0.3 is 5.97 Å². The normalized spacial score (nSPS) is 21.3. The summed E-state index contributed by atoms with van der Waals surface area (Å²) >= 11 is 0. The Morgan fingerprint density at radius 3 is 2.91 bits per heavy atom. The van der Waals surface area contributed by atoms with Gasteiger partial charge in [0.25, 0.3) is 0 Å². The van der Waals surface area contributed by atoms with Crippen molar-refractivity contribution in [1.82, 2.24) is 5.06 Å². The van der Waals surface area contributed by atoms with Crippen LogP contribution in [-0.4, -0.2) is 53.9 Å². The number of carbonyl (C=O) groups is 1. The number of hydrogen-bond donors (Lipinski definition) is 1. The Balaban J connectivity index is 2.48. The second-order valence-electron chi connectivity index (χ2n) is 5.09. The number of nitriles is 1. The van der Waals surface area contributed by atoms with E-state index in [1.54, 1.807) is 42.0 Å². The summed E-state index contributed by atoms with van der Waals surface area (Å²) in [6.45, 7) is 3.01. The SMILES string of the molecule is CCON1CCN(c2cccc(C#N)c2)C(C=C=O)(C(=O)O)C1. The maximum Gasteiger partial charge on any atom is 0.335 e. The van der Waals surface area contributed by atoms with Gasteiger partial charge in [0.05, 0.1) is 24.8 Å². The Morgan fingerprint density at radius 2 is 2.30 bits per heavy atom. The molecule has 0 amide bonds. The number of hydrogen-bond acceptors (Lipinski definition) is 6. The molecular weight excluding hydrogens is 298 g/mol. The summed E-state index contributed by atoms with van der Waals surface area (Å²) in [6.07, 6.45) is 1.000. The zero-order chi connectivity index (χ0) is 16.9. The zero-order valence-corrected chi connectivity index (χ0v) is 12.7. The molecule has 23 heavy (non-hydrogen) atoms. The van der Waals surface area contributed by atoms with Crippen LogP contribution in [0, 0.1) is 11.3 Å². The fourth-order valence-corrected chi connectivity index (χ4v) is 2.71. The molecule has 0 spiro atoms. The second kappa shape index (κ2) is 7.07. The van der Waals surface area contributed by atoms with Crippen molar-refractivity contribution >= 4 is 17.6 Å². The van der Waals surface area contributed by atoms with Crippen molar-refractivity contribution in [3.8, 4) is 6.07 Å². The minimum Gasteiger partial charge on any atom is -0.479 e. The van der Waals surface area contributed by atoms with Crippen molar-refractivity contribution in [2.75, 3.05) is 31.1 Å². The number of hydroxylamine groups is 2. The van der Waals surface area contributed by atoms with E-state index < -0.39 is 11.5 Å². The van der Waals surface area contributed by atoms with E-state index in [0.717, 1.165) is 6.08 Å². The average molecular weight is 315 g/mol. The van der Waals surface area contributed by atoms with E-state index in [-0.39, 0.29) is 6.54 Å². The topological polar surface area (TPSA) is 93.9 Å². The lowest BCUT2D eigenvalue weighted by molar-refractivity contribution is -0.178. The van der Waals surface area contributed by atoms with Crippen LogP contribution in [0.5, 0.6) is 0 Å². The summed E-state index contributed by atoms with van der Waals surface area (Å²) < 4.78 is 0. The number of benzene rings is 1. The van der Waals surface area contributed by atoms with E-state index in [1.165, 1.54) is 5.06 Å². The quantitative estimate of drug-likeness (QED) is 0.805. The van der Waals surface area contributed by atoms with Crippen molar-refractivity contribution in [2.24, 2.45) is 0 Å². The largest absolute Gasteiger partial charge is 0.479 e. The van der Waals surface area contributed by atoms with E-state index in [9.17, 15) is 14.7 Å². The highest BCUT2D eigenvalue weighted by Gasteiger charge is 2.47. The molecule has 1 unspecified atom stereocenters. The van der Waals surface area contributed by atoms with Crippen LogP contribution in [0.15, 0.2) is 30.3 Å². The van der Waals surface area contributed by atoms with E-state index in [1.807, 2.05) is 6.07 Å². The molecule has 0 bridgehead atoms. The van der Waals surface area contributed by atoms with Crippen LogP contribution in [0.25, 0.3) is 0 Å². The van der Waals surface area contributed by atoms with Gasteiger partial charge in [-0.15, -0.1) is 0 Å². The van der Waals surface area contributed by atoms with Crippen molar-refractivity contribution in [1.29, 1.82) is 5.26 Å². The summed E-state index contributed by atoms with van der Waals surface area (Å²) in [4.78, 5) is 29.9. The number of rotatable bonds is 5. The molecule has 1 aromatic rings. The maximum atomic E-state index is 12.0. The van der Waals surface area contributed by atoms with Crippen LogP contribution >= 0.6 is 0 Å². The molecule has 0 radical (unpaired) electrons.